The first-order valence-corrected chi connectivity index (χ1v) is 3.01. The van der Waals surface area contributed by atoms with Crippen LogP contribution in [0.5, 0.6) is 0 Å². The van der Waals surface area contributed by atoms with Crippen molar-refractivity contribution >= 4 is 12.3 Å². The summed E-state index contributed by atoms with van der Waals surface area (Å²) in [5.74, 6) is -0.292. The molecule has 0 aromatic rings. The second-order valence-electron chi connectivity index (χ2n) is 1.69. The van der Waals surface area contributed by atoms with Crippen molar-refractivity contribution in [2.75, 3.05) is 6.61 Å². The van der Waals surface area contributed by atoms with E-state index >= 15 is 0 Å². The summed E-state index contributed by atoms with van der Waals surface area (Å²) >= 11 is 0. The molecule has 0 unspecified atom stereocenters. The fourth-order valence-electron chi connectivity index (χ4n) is 0.422. The van der Waals surface area contributed by atoms with Crippen LogP contribution in [-0.4, -0.2) is 18.9 Å². The van der Waals surface area contributed by atoms with E-state index in [1.807, 2.05) is 0 Å². The van der Waals surface area contributed by atoms with Gasteiger partial charge < -0.3 is 4.74 Å². The maximum Gasteiger partial charge on any atom is 0.302 e. The highest BCUT2D eigenvalue weighted by atomic mass is 16.5. The van der Waals surface area contributed by atoms with E-state index < -0.39 is 0 Å². The van der Waals surface area contributed by atoms with E-state index in [0.717, 1.165) is 0 Å². The normalized spacial score (nSPS) is 9.70. The molecule has 0 saturated carbocycles. The van der Waals surface area contributed by atoms with Crippen LogP contribution in [0, 0.1) is 0 Å². The van der Waals surface area contributed by atoms with E-state index in [0.29, 0.717) is 19.3 Å². The lowest BCUT2D eigenvalue weighted by atomic mass is 10.4. The van der Waals surface area contributed by atoms with E-state index in [2.05, 4.69) is 4.74 Å². The maximum atomic E-state index is 10.2. The fourth-order valence-corrected chi connectivity index (χ4v) is 0.422. The molecule has 0 saturated heterocycles. The largest absolute Gasteiger partial charge is 0.466 e. The molecule has 0 spiro atoms. The predicted octanol–water partition coefficient (Wildman–Crippen LogP) is 0.695. The zero-order valence-electron chi connectivity index (χ0n) is 5.87. The van der Waals surface area contributed by atoms with Crippen LogP contribution in [0.2, 0.25) is 0 Å². The van der Waals surface area contributed by atoms with Crippen LogP contribution in [0.25, 0.3) is 0 Å². The van der Waals surface area contributed by atoms with E-state index in [9.17, 15) is 9.59 Å². The SMILES string of the molecule is CC(=O)OCCC=CC=O. The molecule has 0 aromatic carbocycles. The molecule has 0 rings (SSSR count). The van der Waals surface area contributed by atoms with Crippen molar-refractivity contribution in [3.8, 4) is 0 Å². The third-order valence-electron chi connectivity index (χ3n) is 0.804. The van der Waals surface area contributed by atoms with Gasteiger partial charge in [0.2, 0.25) is 0 Å². The van der Waals surface area contributed by atoms with Gasteiger partial charge in [-0.05, 0) is 12.5 Å². The number of allylic oxidation sites excluding steroid dienone is 1. The minimum Gasteiger partial charge on any atom is -0.466 e. The van der Waals surface area contributed by atoms with Gasteiger partial charge in [-0.1, -0.05) is 6.08 Å². The quantitative estimate of drug-likeness (QED) is 0.251. The summed E-state index contributed by atoms with van der Waals surface area (Å²) in [4.78, 5) is 19.9. The van der Waals surface area contributed by atoms with Crippen molar-refractivity contribution in [1.29, 1.82) is 0 Å². The van der Waals surface area contributed by atoms with Gasteiger partial charge >= 0.3 is 5.97 Å². The number of esters is 1. The van der Waals surface area contributed by atoms with Gasteiger partial charge in [-0.15, -0.1) is 0 Å². The van der Waals surface area contributed by atoms with Crippen LogP contribution in [0.4, 0.5) is 0 Å². The zero-order valence-corrected chi connectivity index (χ0v) is 5.87. The first-order valence-electron chi connectivity index (χ1n) is 3.01. The number of ether oxygens (including phenoxy) is 1. The summed E-state index contributed by atoms with van der Waals surface area (Å²) in [5.41, 5.74) is 0. The van der Waals surface area contributed by atoms with Gasteiger partial charge in [0.1, 0.15) is 6.29 Å². The molecule has 3 nitrogen and oxygen atoms in total. The molecule has 0 aromatic heterocycles. The molecule has 0 fully saturated rings. The van der Waals surface area contributed by atoms with Gasteiger partial charge in [-0.3, -0.25) is 9.59 Å². The van der Waals surface area contributed by atoms with Gasteiger partial charge in [0.05, 0.1) is 6.61 Å². The monoisotopic (exact) mass is 142 g/mol. The van der Waals surface area contributed by atoms with Crippen molar-refractivity contribution < 1.29 is 14.3 Å². The van der Waals surface area contributed by atoms with Crippen LogP contribution in [0.15, 0.2) is 12.2 Å². The second kappa shape index (κ2) is 6.01. The highest BCUT2D eigenvalue weighted by Crippen LogP contribution is 1.84. The molecule has 10 heavy (non-hydrogen) atoms. The molecule has 0 aliphatic carbocycles. The topological polar surface area (TPSA) is 43.4 Å². The van der Waals surface area contributed by atoms with Crippen molar-refractivity contribution in [3.05, 3.63) is 12.2 Å². The molecule has 0 bridgehead atoms. The Morgan fingerprint density at radius 1 is 1.60 bits per heavy atom. The molecule has 0 aliphatic heterocycles. The Balaban J connectivity index is 3.12. The maximum absolute atomic E-state index is 10.2. The first kappa shape index (κ1) is 8.88. The Morgan fingerprint density at radius 2 is 2.30 bits per heavy atom. The molecular formula is C7H10O3. The Morgan fingerprint density at radius 3 is 2.80 bits per heavy atom. The minimum absolute atomic E-state index is 0.292. The Kier molecular flexibility index (Phi) is 5.33. The number of rotatable bonds is 4. The first-order chi connectivity index (χ1) is 4.77. The third-order valence-corrected chi connectivity index (χ3v) is 0.804. The number of hydrogen-bond donors (Lipinski definition) is 0. The molecule has 56 valence electrons. The standard InChI is InChI=1S/C7H10O3/c1-7(9)10-6-4-2-3-5-8/h2-3,5H,4,6H2,1H3. The highest BCUT2D eigenvalue weighted by molar-refractivity contribution is 5.66. The molecule has 0 heterocycles. The molecule has 0 N–H and O–H groups in total. The Hall–Kier alpha value is -1.12. The number of aldehydes is 1. The number of carbonyl (C=O) groups is 2. The van der Waals surface area contributed by atoms with Crippen LogP contribution in [0.3, 0.4) is 0 Å². The predicted molar refractivity (Wildman–Crippen MR) is 36.5 cm³/mol. The summed E-state index contributed by atoms with van der Waals surface area (Å²) < 4.78 is 4.58. The van der Waals surface area contributed by atoms with Crippen molar-refractivity contribution in [2.45, 2.75) is 13.3 Å². The summed E-state index contributed by atoms with van der Waals surface area (Å²) in [6, 6.07) is 0. The van der Waals surface area contributed by atoms with Gasteiger partial charge in [0.25, 0.3) is 0 Å². The Bertz CT molecular complexity index is 138. The van der Waals surface area contributed by atoms with E-state index in [1.165, 1.54) is 13.0 Å². The molecule has 0 atom stereocenters. The van der Waals surface area contributed by atoms with Gasteiger partial charge in [0, 0.05) is 6.92 Å². The van der Waals surface area contributed by atoms with Gasteiger partial charge in [-0.25, -0.2) is 0 Å². The molecule has 0 radical (unpaired) electrons. The van der Waals surface area contributed by atoms with E-state index in [-0.39, 0.29) is 5.97 Å². The lowest BCUT2D eigenvalue weighted by Crippen LogP contribution is -1.98. The fraction of sp³-hybridized carbons (Fsp3) is 0.429. The van der Waals surface area contributed by atoms with Crippen LogP contribution in [-0.2, 0) is 14.3 Å². The van der Waals surface area contributed by atoms with Crippen molar-refractivity contribution in [1.82, 2.24) is 0 Å². The Labute approximate surface area is 59.7 Å². The van der Waals surface area contributed by atoms with Gasteiger partial charge in [0.15, 0.2) is 0 Å². The lowest BCUT2D eigenvalue weighted by Gasteiger charge is -1.95. The van der Waals surface area contributed by atoms with Crippen LogP contribution < -0.4 is 0 Å². The number of carbonyl (C=O) groups excluding carboxylic acids is 2. The van der Waals surface area contributed by atoms with Gasteiger partial charge in [-0.2, -0.15) is 0 Å². The highest BCUT2D eigenvalue weighted by Gasteiger charge is 1.87. The average Bonchev–Trinajstić information content (AvgIpc) is 1.87. The molecule has 0 amide bonds. The summed E-state index contributed by atoms with van der Waals surface area (Å²) in [6.45, 7) is 1.70. The second-order valence-corrected chi connectivity index (χ2v) is 1.69. The molecule has 0 aliphatic rings. The third kappa shape index (κ3) is 6.88. The lowest BCUT2D eigenvalue weighted by molar-refractivity contribution is -0.140. The smallest absolute Gasteiger partial charge is 0.302 e. The summed E-state index contributed by atoms with van der Waals surface area (Å²) in [5, 5.41) is 0. The van der Waals surface area contributed by atoms with E-state index in [4.69, 9.17) is 0 Å². The van der Waals surface area contributed by atoms with Crippen LogP contribution in [0.1, 0.15) is 13.3 Å². The average molecular weight is 142 g/mol. The summed E-state index contributed by atoms with van der Waals surface area (Å²) in [6.07, 6.45) is 4.31. The summed E-state index contributed by atoms with van der Waals surface area (Å²) in [7, 11) is 0. The van der Waals surface area contributed by atoms with Crippen molar-refractivity contribution in [2.24, 2.45) is 0 Å². The van der Waals surface area contributed by atoms with Crippen molar-refractivity contribution in [3.63, 3.8) is 0 Å². The zero-order chi connectivity index (χ0) is 7.82. The van der Waals surface area contributed by atoms with Crippen LogP contribution >= 0.6 is 0 Å². The number of hydrogen-bond acceptors (Lipinski definition) is 3. The molecule has 3 heteroatoms. The molecular weight excluding hydrogens is 132 g/mol. The minimum atomic E-state index is -0.292. The van der Waals surface area contributed by atoms with E-state index in [1.54, 1.807) is 6.08 Å².